The van der Waals surface area contributed by atoms with Gasteiger partial charge in [-0.2, -0.15) is 0 Å². The summed E-state index contributed by atoms with van der Waals surface area (Å²) in [5.41, 5.74) is 3.79. The van der Waals surface area contributed by atoms with Crippen LogP contribution in [0.15, 0.2) is 47.6 Å². The third kappa shape index (κ3) is 3.33. The van der Waals surface area contributed by atoms with E-state index < -0.39 is 5.97 Å². The number of para-hydroxylation sites is 1. The van der Waals surface area contributed by atoms with Gasteiger partial charge in [0.25, 0.3) is 0 Å². The van der Waals surface area contributed by atoms with Crippen molar-refractivity contribution < 1.29 is 19.5 Å². The molecule has 0 saturated carbocycles. The summed E-state index contributed by atoms with van der Waals surface area (Å²) in [6.45, 7) is 6.27. The van der Waals surface area contributed by atoms with E-state index >= 15 is 0 Å². The van der Waals surface area contributed by atoms with Crippen molar-refractivity contribution in [2.75, 3.05) is 0 Å². The molecule has 2 aromatic carbocycles. The summed E-state index contributed by atoms with van der Waals surface area (Å²) in [4.78, 5) is 27.9. The number of aromatic nitrogens is 1. The van der Waals surface area contributed by atoms with E-state index in [-0.39, 0.29) is 11.5 Å². The Morgan fingerprint density at radius 1 is 1.07 bits per heavy atom. The third-order valence-electron chi connectivity index (χ3n) is 4.39. The SMILES string of the molecule is CC(=O)O/N=C(\C)c1cc2c(cc1O)c(C(C)=O)c(C)n2-c1ccccc1. The Kier molecular flexibility index (Phi) is 4.81. The Morgan fingerprint density at radius 3 is 2.33 bits per heavy atom. The number of fused-ring (bicyclic) bond motifs is 1. The zero-order valence-corrected chi connectivity index (χ0v) is 15.6. The zero-order chi connectivity index (χ0) is 19.7. The van der Waals surface area contributed by atoms with Gasteiger partial charge in [0, 0.05) is 34.8 Å². The lowest BCUT2D eigenvalue weighted by Gasteiger charge is -2.10. The Labute approximate surface area is 156 Å². The normalized spacial score (nSPS) is 11.6. The van der Waals surface area contributed by atoms with Crippen LogP contribution in [0.4, 0.5) is 0 Å². The highest BCUT2D eigenvalue weighted by Crippen LogP contribution is 2.34. The molecule has 0 amide bonds. The first-order valence-electron chi connectivity index (χ1n) is 8.48. The molecule has 0 aliphatic carbocycles. The van der Waals surface area contributed by atoms with Crippen LogP contribution in [0.3, 0.4) is 0 Å². The molecular weight excluding hydrogens is 344 g/mol. The van der Waals surface area contributed by atoms with E-state index in [4.69, 9.17) is 0 Å². The van der Waals surface area contributed by atoms with Crippen LogP contribution in [0.2, 0.25) is 0 Å². The number of phenolic OH excluding ortho intramolecular Hbond substituents is 1. The maximum absolute atomic E-state index is 12.3. The number of carbonyl (C=O) groups excluding carboxylic acids is 2. The maximum Gasteiger partial charge on any atom is 0.331 e. The molecule has 0 fully saturated rings. The molecule has 6 heteroatoms. The average molecular weight is 364 g/mol. The number of hydrogen-bond donors (Lipinski definition) is 1. The Hall–Kier alpha value is -3.41. The number of Topliss-reactive ketones (excluding diaryl/α,β-unsaturated/α-hetero) is 1. The van der Waals surface area contributed by atoms with Crippen molar-refractivity contribution in [1.29, 1.82) is 0 Å². The standard InChI is InChI=1S/C21H20N2O4/c1-12(22-27-15(4)25)17-10-19-18(11-20(17)26)21(14(3)24)13(2)23(19)16-8-6-5-7-9-16/h5-11,26H,1-4H3/b22-12+. The van der Waals surface area contributed by atoms with Gasteiger partial charge in [0.15, 0.2) is 5.78 Å². The molecule has 3 aromatic rings. The number of benzene rings is 2. The van der Waals surface area contributed by atoms with Crippen LogP contribution >= 0.6 is 0 Å². The minimum atomic E-state index is -0.544. The molecule has 0 atom stereocenters. The van der Waals surface area contributed by atoms with Crippen molar-refractivity contribution in [1.82, 2.24) is 4.57 Å². The molecule has 3 rings (SSSR count). The number of carbonyl (C=O) groups is 2. The van der Waals surface area contributed by atoms with Crippen molar-refractivity contribution >= 4 is 28.4 Å². The molecule has 0 spiro atoms. The average Bonchev–Trinajstić information content (AvgIpc) is 2.90. The van der Waals surface area contributed by atoms with Gasteiger partial charge in [-0.05, 0) is 45.0 Å². The van der Waals surface area contributed by atoms with Crippen LogP contribution in [0.25, 0.3) is 16.6 Å². The van der Waals surface area contributed by atoms with Crippen molar-refractivity contribution in [2.45, 2.75) is 27.7 Å². The first-order valence-corrected chi connectivity index (χ1v) is 8.48. The maximum atomic E-state index is 12.3. The van der Waals surface area contributed by atoms with E-state index in [9.17, 15) is 14.7 Å². The van der Waals surface area contributed by atoms with Crippen LogP contribution in [0, 0.1) is 6.92 Å². The molecule has 138 valence electrons. The highest BCUT2D eigenvalue weighted by molar-refractivity contribution is 6.12. The Morgan fingerprint density at radius 2 is 1.74 bits per heavy atom. The molecule has 0 bridgehead atoms. The smallest absolute Gasteiger partial charge is 0.331 e. The van der Waals surface area contributed by atoms with E-state index in [0.29, 0.717) is 22.2 Å². The lowest BCUT2D eigenvalue weighted by atomic mass is 10.0. The number of hydrogen-bond acceptors (Lipinski definition) is 5. The zero-order valence-electron chi connectivity index (χ0n) is 15.6. The summed E-state index contributed by atoms with van der Waals surface area (Å²) >= 11 is 0. The predicted octanol–water partition coefficient (Wildman–Crippen LogP) is 4.13. The van der Waals surface area contributed by atoms with Gasteiger partial charge in [-0.3, -0.25) is 4.79 Å². The van der Waals surface area contributed by atoms with Crippen LogP contribution in [-0.4, -0.2) is 27.1 Å². The third-order valence-corrected chi connectivity index (χ3v) is 4.39. The number of oxime groups is 1. The minimum absolute atomic E-state index is 0.0383. The van der Waals surface area contributed by atoms with Gasteiger partial charge in [-0.1, -0.05) is 23.4 Å². The fourth-order valence-electron chi connectivity index (χ4n) is 3.28. The summed E-state index contributed by atoms with van der Waals surface area (Å²) in [5.74, 6) is -0.662. The number of ketones is 1. The monoisotopic (exact) mass is 364 g/mol. The van der Waals surface area contributed by atoms with Crippen LogP contribution in [0.1, 0.15) is 42.4 Å². The molecule has 1 aromatic heterocycles. The summed E-state index contributed by atoms with van der Waals surface area (Å²) < 4.78 is 1.97. The quantitative estimate of drug-likeness (QED) is 0.327. The summed E-state index contributed by atoms with van der Waals surface area (Å²) in [7, 11) is 0. The molecule has 1 heterocycles. The second-order valence-corrected chi connectivity index (χ2v) is 6.33. The topological polar surface area (TPSA) is 80.9 Å². The first kappa shape index (κ1) is 18.4. The number of nitrogens with zero attached hydrogens (tertiary/aromatic N) is 2. The number of aromatic hydroxyl groups is 1. The van der Waals surface area contributed by atoms with Gasteiger partial charge in [0.05, 0.1) is 11.2 Å². The van der Waals surface area contributed by atoms with Crippen molar-refractivity contribution in [3.05, 3.63) is 59.3 Å². The minimum Gasteiger partial charge on any atom is -0.507 e. The van der Waals surface area contributed by atoms with E-state index in [1.165, 1.54) is 13.8 Å². The second-order valence-electron chi connectivity index (χ2n) is 6.33. The van der Waals surface area contributed by atoms with Gasteiger partial charge < -0.3 is 14.5 Å². The molecule has 27 heavy (non-hydrogen) atoms. The van der Waals surface area contributed by atoms with Crippen molar-refractivity contribution in [3.8, 4) is 11.4 Å². The fourth-order valence-corrected chi connectivity index (χ4v) is 3.28. The predicted molar refractivity (Wildman–Crippen MR) is 104 cm³/mol. The van der Waals surface area contributed by atoms with E-state index in [0.717, 1.165) is 16.9 Å². The number of phenols is 1. The van der Waals surface area contributed by atoms with E-state index in [1.54, 1.807) is 19.1 Å². The largest absolute Gasteiger partial charge is 0.507 e. The first-order chi connectivity index (χ1) is 12.8. The number of rotatable bonds is 4. The van der Waals surface area contributed by atoms with Gasteiger partial charge in [0.1, 0.15) is 5.75 Å². The molecule has 0 radical (unpaired) electrons. The lowest BCUT2D eigenvalue weighted by molar-refractivity contribution is -0.140. The molecular formula is C21H20N2O4. The van der Waals surface area contributed by atoms with Crippen LogP contribution in [0.5, 0.6) is 5.75 Å². The highest BCUT2D eigenvalue weighted by atomic mass is 16.7. The van der Waals surface area contributed by atoms with Gasteiger partial charge in [-0.25, -0.2) is 4.79 Å². The molecule has 0 aliphatic rings. The van der Waals surface area contributed by atoms with Gasteiger partial charge in [0.2, 0.25) is 0 Å². The van der Waals surface area contributed by atoms with Crippen LogP contribution in [-0.2, 0) is 9.63 Å². The Balaban J connectivity index is 2.33. The van der Waals surface area contributed by atoms with Gasteiger partial charge >= 0.3 is 5.97 Å². The van der Waals surface area contributed by atoms with E-state index in [2.05, 4.69) is 9.99 Å². The molecule has 0 aliphatic heterocycles. The van der Waals surface area contributed by atoms with Crippen molar-refractivity contribution in [2.24, 2.45) is 5.16 Å². The lowest BCUT2D eigenvalue weighted by Crippen LogP contribution is -2.01. The fraction of sp³-hybridized carbons (Fsp3) is 0.190. The summed E-state index contributed by atoms with van der Waals surface area (Å²) in [6.07, 6.45) is 0. The van der Waals surface area contributed by atoms with Crippen molar-refractivity contribution in [3.63, 3.8) is 0 Å². The summed E-state index contributed by atoms with van der Waals surface area (Å²) in [5, 5.41) is 14.9. The molecule has 1 N–H and O–H groups in total. The van der Waals surface area contributed by atoms with E-state index in [1.807, 2.05) is 41.8 Å². The molecule has 0 unspecified atom stereocenters. The van der Waals surface area contributed by atoms with Gasteiger partial charge in [-0.15, -0.1) is 0 Å². The molecule has 0 saturated heterocycles. The Bertz CT molecular complexity index is 1080. The summed E-state index contributed by atoms with van der Waals surface area (Å²) in [6, 6.07) is 13.0. The highest BCUT2D eigenvalue weighted by Gasteiger charge is 2.21. The molecule has 6 nitrogen and oxygen atoms in total. The van der Waals surface area contributed by atoms with Crippen LogP contribution < -0.4 is 0 Å². The second kappa shape index (κ2) is 7.07.